The molecule has 1 heterocycles. The first-order chi connectivity index (χ1) is 13.4. The Labute approximate surface area is 168 Å². The van der Waals surface area contributed by atoms with Crippen LogP contribution in [-0.2, 0) is 22.4 Å². The van der Waals surface area contributed by atoms with Gasteiger partial charge in [0.1, 0.15) is 0 Å². The van der Waals surface area contributed by atoms with E-state index in [9.17, 15) is 14.4 Å². The second kappa shape index (κ2) is 6.31. The van der Waals surface area contributed by atoms with Crippen LogP contribution < -0.4 is 16.2 Å². The lowest BCUT2D eigenvalue weighted by atomic mass is 9.46. The molecule has 3 amide bonds. The van der Waals surface area contributed by atoms with Gasteiger partial charge in [-0.1, -0.05) is 0 Å². The van der Waals surface area contributed by atoms with Gasteiger partial charge in [-0.25, -0.2) is 0 Å². The maximum absolute atomic E-state index is 13.2. The van der Waals surface area contributed by atoms with Gasteiger partial charge >= 0.3 is 0 Å². The first kappa shape index (κ1) is 18.2. The summed E-state index contributed by atoms with van der Waals surface area (Å²) in [5.74, 6) is 0.629. The summed E-state index contributed by atoms with van der Waals surface area (Å²) >= 11 is 1.54. The van der Waals surface area contributed by atoms with Crippen LogP contribution in [0.2, 0.25) is 0 Å². The Morgan fingerprint density at radius 2 is 1.82 bits per heavy atom. The van der Waals surface area contributed by atoms with E-state index in [0.29, 0.717) is 23.1 Å². The molecule has 0 spiro atoms. The van der Waals surface area contributed by atoms with E-state index in [1.54, 1.807) is 6.92 Å². The van der Waals surface area contributed by atoms with Gasteiger partial charge in [0.15, 0.2) is 0 Å². The van der Waals surface area contributed by atoms with Gasteiger partial charge in [0.25, 0.3) is 5.91 Å². The van der Waals surface area contributed by atoms with Crippen molar-refractivity contribution in [2.45, 2.75) is 70.3 Å². The van der Waals surface area contributed by atoms with E-state index < -0.39 is 5.41 Å². The van der Waals surface area contributed by atoms with Crippen LogP contribution in [0.4, 0.5) is 0 Å². The molecule has 6 rings (SSSR count). The Morgan fingerprint density at radius 1 is 1.07 bits per heavy atom. The zero-order valence-electron chi connectivity index (χ0n) is 16.2. The summed E-state index contributed by atoms with van der Waals surface area (Å²) in [4.78, 5) is 39.4. The van der Waals surface area contributed by atoms with Gasteiger partial charge in [0.05, 0.1) is 10.3 Å². The monoisotopic (exact) mass is 401 g/mol. The number of hydrogen-bond acceptors (Lipinski definition) is 4. The number of aryl methyl sites for hydroxylation is 2. The smallest absolute Gasteiger partial charge is 0.279 e. The van der Waals surface area contributed by atoms with Gasteiger partial charge in [-0.15, -0.1) is 11.3 Å². The van der Waals surface area contributed by atoms with E-state index in [-0.39, 0.29) is 23.3 Å². The van der Waals surface area contributed by atoms with Crippen molar-refractivity contribution in [2.75, 3.05) is 0 Å². The molecule has 1 aromatic rings. The van der Waals surface area contributed by atoms with Crippen LogP contribution in [0.3, 0.4) is 0 Å². The van der Waals surface area contributed by atoms with Crippen molar-refractivity contribution in [1.29, 1.82) is 0 Å². The SMILES string of the molecule is CC(=O)NC12C[C@H]3C[C@@H](C1)CC(C(=O)NNC(=O)c1cc4c(s1)CCC4)(C3)C2. The largest absolute Gasteiger partial charge is 0.351 e. The third-order valence-electron chi connectivity index (χ3n) is 7.24. The van der Waals surface area contributed by atoms with E-state index in [0.717, 1.165) is 44.9 Å². The number of hydrazine groups is 1. The third kappa shape index (κ3) is 2.95. The molecule has 0 saturated heterocycles. The molecule has 150 valence electrons. The molecule has 4 atom stereocenters. The molecule has 0 radical (unpaired) electrons. The fourth-order valence-corrected chi connectivity index (χ4v) is 7.95. The zero-order valence-corrected chi connectivity index (χ0v) is 17.0. The van der Waals surface area contributed by atoms with Crippen molar-refractivity contribution in [3.63, 3.8) is 0 Å². The molecular weight excluding hydrogens is 374 g/mol. The van der Waals surface area contributed by atoms with Gasteiger partial charge in [-0.05, 0) is 81.3 Å². The summed E-state index contributed by atoms with van der Waals surface area (Å²) in [6.45, 7) is 1.56. The topological polar surface area (TPSA) is 87.3 Å². The third-order valence-corrected chi connectivity index (χ3v) is 8.48. The van der Waals surface area contributed by atoms with Crippen molar-refractivity contribution in [2.24, 2.45) is 17.3 Å². The van der Waals surface area contributed by atoms with E-state index >= 15 is 0 Å². The fraction of sp³-hybridized carbons (Fsp3) is 0.667. The van der Waals surface area contributed by atoms with Crippen LogP contribution in [0.25, 0.3) is 0 Å². The molecule has 3 N–H and O–H groups in total. The number of carbonyl (C=O) groups excluding carboxylic acids is 3. The van der Waals surface area contributed by atoms with E-state index in [2.05, 4.69) is 16.2 Å². The second-order valence-electron chi connectivity index (χ2n) is 9.52. The Kier molecular flexibility index (Phi) is 4.09. The molecule has 4 fully saturated rings. The molecule has 6 nitrogen and oxygen atoms in total. The first-order valence-electron chi connectivity index (χ1n) is 10.4. The van der Waals surface area contributed by atoms with Crippen LogP contribution in [-0.4, -0.2) is 23.3 Å². The van der Waals surface area contributed by atoms with Gasteiger partial charge in [-0.3, -0.25) is 25.2 Å². The molecule has 0 aliphatic heterocycles. The summed E-state index contributed by atoms with van der Waals surface area (Å²) in [6.07, 6.45) is 8.78. The lowest BCUT2D eigenvalue weighted by molar-refractivity contribution is -0.153. The predicted molar refractivity (Wildman–Crippen MR) is 106 cm³/mol. The van der Waals surface area contributed by atoms with E-state index in [1.165, 1.54) is 28.2 Å². The van der Waals surface area contributed by atoms with Crippen LogP contribution in [0, 0.1) is 17.3 Å². The van der Waals surface area contributed by atoms with E-state index in [4.69, 9.17) is 0 Å². The summed E-state index contributed by atoms with van der Waals surface area (Å²) in [7, 11) is 0. The average Bonchev–Trinajstić information content (AvgIpc) is 3.18. The van der Waals surface area contributed by atoms with Crippen molar-refractivity contribution in [1.82, 2.24) is 16.2 Å². The Balaban J connectivity index is 1.28. The molecule has 4 saturated carbocycles. The highest BCUT2D eigenvalue weighted by atomic mass is 32.1. The lowest BCUT2D eigenvalue weighted by Crippen LogP contribution is -2.66. The van der Waals surface area contributed by atoms with E-state index in [1.807, 2.05) is 6.07 Å². The maximum atomic E-state index is 13.2. The number of rotatable bonds is 3. The zero-order chi connectivity index (χ0) is 19.5. The number of thiophene rings is 1. The molecule has 28 heavy (non-hydrogen) atoms. The second-order valence-corrected chi connectivity index (χ2v) is 10.7. The van der Waals surface area contributed by atoms with Gasteiger partial charge in [0.2, 0.25) is 11.8 Å². The number of hydrogen-bond donors (Lipinski definition) is 3. The molecule has 5 aliphatic rings. The van der Waals surface area contributed by atoms with Gasteiger partial charge < -0.3 is 5.32 Å². The van der Waals surface area contributed by atoms with Crippen molar-refractivity contribution < 1.29 is 14.4 Å². The highest BCUT2D eigenvalue weighted by molar-refractivity contribution is 7.14. The minimum absolute atomic E-state index is 0.0171. The minimum atomic E-state index is -0.475. The molecule has 7 heteroatoms. The quantitative estimate of drug-likeness (QED) is 0.680. The number of carbonyl (C=O) groups is 3. The normalized spacial score (nSPS) is 34.8. The highest BCUT2D eigenvalue weighted by Gasteiger charge is 2.61. The molecule has 2 unspecified atom stereocenters. The lowest BCUT2D eigenvalue weighted by Gasteiger charge is -2.61. The van der Waals surface area contributed by atoms with Gasteiger partial charge in [0, 0.05) is 17.3 Å². The Morgan fingerprint density at radius 3 is 2.50 bits per heavy atom. The summed E-state index contributed by atoms with van der Waals surface area (Å²) in [6, 6.07) is 1.96. The van der Waals surface area contributed by atoms with Crippen molar-refractivity contribution in [3.05, 3.63) is 21.4 Å². The highest BCUT2D eigenvalue weighted by Crippen LogP contribution is 2.61. The Hall–Kier alpha value is -1.89. The molecule has 4 bridgehead atoms. The predicted octanol–water partition coefficient (Wildman–Crippen LogP) is 2.47. The summed E-state index contributed by atoms with van der Waals surface area (Å²) < 4.78 is 0. The summed E-state index contributed by atoms with van der Waals surface area (Å²) in [5, 5.41) is 3.18. The summed E-state index contributed by atoms with van der Waals surface area (Å²) in [5.41, 5.74) is 5.94. The van der Waals surface area contributed by atoms with Crippen LogP contribution in [0.5, 0.6) is 0 Å². The van der Waals surface area contributed by atoms with Crippen molar-refractivity contribution >= 4 is 29.1 Å². The van der Waals surface area contributed by atoms with Crippen LogP contribution >= 0.6 is 11.3 Å². The molecule has 1 aromatic heterocycles. The standard InChI is InChI=1S/C21H27N3O3S/c1-12(25)22-21-9-13-5-14(10-21)8-20(7-13,11-21)19(27)24-23-18(26)17-6-15-3-2-4-16(15)28-17/h6,13-14H,2-5,7-11H2,1H3,(H,22,25)(H,23,26)(H,24,27)/t13-,14+,20?,21?. The number of amides is 3. The van der Waals surface area contributed by atoms with Crippen LogP contribution in [0.1, 0.15) is 72.0 Å². The average molecular weight is 402 g/mol. The molecule has 5 aliphatic carbocycles. The molecular formula is C21H27N3O3S. The fourth-order valence-electron chi connectivity index (χ4n) is 6.80. The minimum Gasteiger partial charge on any atom is -0.351 e. The van der Waals surface area contributed by atoms with Gasteiger partial charge in [-0.2, -0.15) is 0 Å². The maximum Gasteiger partial charge on any atom is 0.279 e. The molecule has 0 aromatic carbocycles. The first-order valence-corrected chi connectivity index (χ1v) is 11.2. The van der Waals surface area contributed by atoms with Crippen LogP contribution in [0.15, 0.2) is 6.07 Å². The number of nitrogens with one attached hydrogen (secondary N) is 3. The Bertz CT molecular complexity index is 826. The van der Waals surface area contributed by atoms with Crippen molar-refractivity contribution in [3.8, 4) is 0 Å². The number of fused-ring (bicyclic) bond motifs is 1.